The molecule has 0 amide bonds. The Morgan fingerprint density at radius 1 is 0.482 bits per heavy atom. The number of aromatic amines is 2. The lowest BCUT2D eigenvalue weighted by atomic mass is 9.69. The van der Waals surface area contributed by atoms with E-state index in [0.29, 0.717) is 139 Å². The molecule has 13 aliphatic heterocycles. The minimum absolute atomic E-state index is 0.0242. The maximum atomic E-state index is 14.1. The second-order valence-corrected chi connectivity index (χ2v) is 40.6. The quantitative estimate of drug-likeness (QED) is 0.0302. The van der Waals surface area contributed by atoms with Crippen LogP contribution in [0.2, 0.25) is 5.02 Å². The second-order valence-electron chi connectivity index (χ2n) is 40.1. The van der Waals surface area contributed by atoms with Crippen LogP contribution in [-0.2, 0) is 76.4 Å². The zero-order valence-corrected chi connectivity index (χ0v) is 85.3. The third kappa shape index (κ3) is 20.3. The number of fused-ring (bicyclic) bond motifs is 25. The van der Waals surface area contributed by atoms with E-state index in [4.69, 9.17) is 45.8 Å². The molecule has 5 aromatic carbocycles. The van der Waals surface area contributed by atoms with Gasteiger partial charge in [-0.3, -0.25) is 53.9 Å². The highest BCUT2D eigenvalue weighted by atomic mass is 35.5. The molecule has 0 radical (unpaired) electrons. The first-order valence-electron chi connectivity index (χ1n) is 53.1. The lowest BCUT2D eigenvalue weighted by Crippen LogP contribution is -2.60. The number of aliphatic imine (C=N–C) groups is 3. The average Bonchev–Trinajstić information content (AvgIpc) is 1.54. The molecule has 8 saturated heterocycles. The van der Waals surface area contributed by atoms with Gasteiger partial charge in [0, 0.05) is 120 Å². The number of allylic oxidation sites excluding steroid dienone is 8. The average molecular weight is 1950 g/mol. The Morgan fingerprint density at radius 2 is 0.816 bits per heavy atom. The van der Waals surface area contributed by atoms with E-state index in [2.05, 4.69) is 109 Å². The third-order valence-electron chi connectivity index (χ3n) is 33.2. The summed E-state index contributed by atoms with van der Waals surface area (Å²) in [5.41, 5.74) is 17.9. The van der Waals surface area contributed by atoms with Crippen LogP contribution in [-0.4, -0.2) is 214 Å². The molecular weight excluding hydrogens is 1800 g/mol. The summed E-state index contributed by atoms with van der Waals surface area (Å²) in [4.78, 5) is 102. The summed E-state index contributed by atoms with van der Waals surface area (Å²) < 4.78 is 61.4. The predicted molar refractivity (Wildman–Crippen MR) is 550 cm³/mol. The normalized spacial score (nSPS) is 32.3. The highest BCUT2D eigenvalue weighted by molar-refractivity contribution is 6.31. The van der Waals surface area contributed by atoms with Gasteiger partial charge in [0.1, 0.15) is 35.8 Å². The number of aryl methyl sites for hydroxylation is 3. The van der Waals surface area contributed by atoms with Crippen LogP contribution in [0.15, 0.2) is 165 Å². The first kappa shape index (κ1) is 99.9. The number of carbonyl (C=O) groups is 3. The fraction of sp³-hybridized carbons (Fsp3) is 0.530. The van der Waals surface area contributed by atoms with Gasteiger partial charge in [0.25, 0.3) is 0 Å². The molecule has 24 nitrogen and oxygen atoms in total. The molecule has 9 N–H and O–H groups in total. The summed E-state index contributed by atoms with van der Waals surface area (Å²) in [7, 11) is 0. The minimum Gasteiger partial charge on any atom is -0.392 e. The Morgan fingerprint density at radius 3 is 1.17 bits per heavy atom. The maximum absolute atomic E-state index is 14.1. The number of ketones is 3. The smallest absolute Gasteiger partial charge is 0.373 e. The van der Waals surface area contributed by atoms with Gasteiger partial charge < -0.3 is 45.7 Å². The van der Waals surface area contributed by atoms with Crippen LogP contribution < -0.4 is 0 Å². The van der Waals surface area contributed by atoms with Crippen molar-refractivity contribution in [2.45, 2.75) is 254 Å². The summed E-state index contributed by atoms with van der Waals surface area (Å²) in [5, 5.41) is 75.9. The molecule has 13 aliphatic rings. The van der Waals surface area contributed by atoms with Gasteiger partial charge in [-0.15, -0.1) is 6.58 Å². The van der Waals surface area contributed by atoms with Gasteiger partial charge >= 0.3 is 12.3 Å². The summed E-state index contributed by atoms with van der Waals surface area (Å²) in [6, 6.07) is 19.3. The summed E-state index contributed by atoms with van der Waals surface area (Å²) >= 11 is 6.25. The van der Waals surface area contributed by atoms with Crippen molar-refractivity contribution >= 4 is 97.3 Å². The largest absolute Gasteiger partial charge is 0.392 e. The number of piperidine rings is 8. The molecule has 0 spiro atoms. The van der Waals surface area contributed by atoms with E-state index in [1.54, 1.807) is 19.1 Å². The van der Waals surface area contributed by atoms with E-state index < -0.39 is 65.9 Å². The molecule has 15 heterocycles. The van der Waals surface area contributed by atoms with E-state index in [9.17, 15) is 61.4 Å². The highest BCUT2D eigenvalue weighted by Crippen LogP contribution is 2.56. The number of carbonyl (C=O) groups excluding carboxylic acids is 7. The Kier molecular flexibility index (Phi) is 32.3. The van der Waals surface area contributed by atoms with Gasteiger partial charge in [-0.05, 0) is 298 Å². The van der Waals surface area contributed by atoms with Crippen molar-refractivity contribution < 1.29 is 80.6 Å². The molecule has 18 atom stereocenters. The summed E-state index contributed by atoms with van der Waals surface area (Å²) in [6.45, 7) is 40.5. The molecule has 0 aliphatic carbocycles. The number of hydrogen-bond donors (Lipinski definition) is 9. The van der Waals surface area contributed by atoms with Crippen LogP contribution in [0.1, 0.15) is 246 Å². The number of nitrogens with one attached hydrogen (secondary N) is 2. The molecule has 0 bridgehead atoms. The van der Waals surface area contributed by atoms with Crippen molar-refractivity contribution in [3.8, 4) is 0 Å². The molecule has 8 fully saturated rings. The first-order chi connectivity index (χ1) is 69.5. The minimum atomic E-state index is -1.17. The van der Waals surface area contributed by atoms with Crippen molar-refractivity contribution in [1.82, 2.24) is 34.5 Å². The molecule has 141 heavy (non-hydrogen) atoms. The maximum Gasteiger partial charge on any atom is 0.373 e. The fourth-order valence-corrected chi connectivity index (χ4v) is 26.2. The van der Waals surface area contributed by atoms with E-state index in [1.807, 2.05) is 120 Å². The SMILES string of the molecule is O=C=O.O=C=O.[2H][C@@]12C[C@H](/C(=C\C)C(=O)CO)[C@H](CC)CN1CCc1c2[nH]c2cc(Cl)cc(CO)c12.[2H][C@@]12C[C@H](/C(=C\C)C(=O)CO)[C@H](CC)CN1CCc1c2[nH]c2cc(F)cc(CO)c12.[2H][C@@]12C[C@H](/C(C)=C\C)[C@@H](C=C)CN1CC[C@@]1(O)C2=Nc2cccc(C)c21.[2H][C@@]12C[C@H](/C(C)=C\C)[C@@H](CC)CN1CC[C@@]1(O)C2=Nc2cccc(C)c21.[2H][C@]12C[C@H](/C(=C\C)C(C)=O)[C@H](CC)CN1CC[C@@]1(O)C2=Nc2cccc(C)c21. The van der Waals surface area contributed by atoms with Crippen LogP contribution in [0.4, 0.5) is 21.5 Å². The van der Waals surface area contributed by atoms with Gasteiger partial charge in [-0.2, -0.15) is 19.2 Å². The van der Waals surface area contributed by atoms with Crippen molar-refractivity contribution in [2.24, 2.45) is 74.2 Å². The Balaban J connectivity index is 0.000000142. The van der Waals surface area contributed by atoms with E-state index in [1.165, 1.54) is 23.3 Å². The molecule has 754 valence electrons. The Labute approximate surface area is 841 Å². The van der Waals surface area contributed by atoms with Crippen LogP contribution in [0, 0.1) is 85.8 Å². The molecule has 7 aromatic rings. The number of halogens is 2. The van der Waals surface area contributed by atoms with Crippen molar-refractivity contribution in [3.63, 3.8) is 0 Å². The zero-order chi connectivity index (χ0) is 106. The van der Waals surface area contributed by atoms with Crippen LogP contribution in [0.5, 0.6) is 0 Å². The lowest BCUT2D eigenvalue weighted by Gasteiger charge is -2.50. The lowest BCUT2D eigenvalue weighted by molar-refractivity contribution is -0.193. The number of aliphatic hydroxyl groups excluding tert-OH is 4. The third-order valence-corrected chi connectivity index (χ3v) is 33.4. The van der Waals surface area contributed by atoms with Crippen LogP contribution in [0.3, 0.4) is 0 Å². The topological polar surface area (TPSA) is 346 Å². The number of H-pyrrole nitrogens is 2. The molecule has 0 unspecified atom stereocenters. The number of aromatic nitrogens is 2. The first-order valence-corrected chi connectivity index (χ1v) is 51.0. The zero-order valence-electron chi connectivity index (χ0n) is 89.6. The number of hydrogen-bond acceptors (Lipinski definition) is 22. The van der Waals surface area contributed by atoms with Gasteiger partial charge in [0.2, 0.25) is 0 Å². The van der Waals surface area contributed by atoms with Gasteiger partial charge in [0.15, 0.2) is 17.3 Å². The standard InChI is InChI=1S/C23H29ClN2O3.C23H29FN2O3.C23H30N2O2.C22H30N2O.C22H28N2O.2CO2/c2*1-3-13-10-26-6-5-17-22-14(11-27)7-15(24)8-19(22)25-23(17)20(26)9-18(13)16(4-2)21(29)12-28;1-5-16-13-25-11-10-23(27)21-14(3)8-7-9-19(21)24-22(23)20(25)12-18(16)17(6-2)15(4)26;2*1-5-14(3)17-12-19-21-22(25,10-11-24(19)13-16(17)6-2)20-15(4)8-7-9-18(20)23-21;2*2-1-3/h2*4,7-8,13,18,20,25,27-28H,3,5-6,9-12H2,1-2H3;6-9,16,18,20,27H,5,10-13H2,1-4H3;5,7-9,16-17,19,25H,6,10-13H2,1-4H3;5-9,16-17,19,25H,2,10-13H2,1,3-4H3;;/b2*16-4+;17-6-;2*14-5-;;/t2*13-,18+,20+;16-,18+,20-,23+;2*16-,17+,19-,22-;;/m11100../s1/i3*20D;2*19D;;. The molecule has 26 heteroatoms. The summed E-state index contributed by atoms with van der Waals surface area (Å²) in [6.07, 6.45) is 22.4. The highest BCUT2D eigenvalue weighted by Gasteiger charge is 2.58. The molecule has 0 saturated carbocycles. The van der Waals surface area contributed by atoms with Gasteiger partial charge in [0.05, 0.1) is 84.4 Å². The van der Waals surface area contributed by atoms with E-state index >= 15 is 0 Å². The van der Waals surface area contributed by atoms with Gasteiger partial charge in [-0.25, -0.2) is 4.39 Å². The van der Waals surface area contributed by atoms with Crippen molar-refractivity contribution in [3.05, 3.63) is 228 Å². The Hall–Kier alpha value is -9.86. The summed E-state index contributed by atoms with van der Waals surface area (Å²) in [5.74, 6) is 1.34. The fourth-order valence-electron chi connectivity index (χ4n) is 26.0. The number of aliphatic hydroxyl groups is 7. The number of Topliss-reactive ketones (excluding diaryl/α,β-unsaturated/α-hetero) is 3. The second kappa shape index (κ2) is 45.6. The van der Waals surface area contributed by atoms with E-state index in [-0.39, 0.29) is 78.4 Å². The number of rotatable bonds is 17. The van der Waals surface area contributed by atoms with Gasteiger partial charge in [-0.1, -0.05) is 149 Å². The number of benzene rings is 5. The molecule has 20 rings (SSSR count). The van der Waals surface area contributed by atoms with Crippen LogP contribution in [0.25, 0.3) is 21.8 Å². The van der Waals surface area contributed by atoms with E-state index in [0.717, 1.165) is 185 Å². The monoisotopic (exact) mass is 1950 g/mol. The van der Waals surface area contributed by atoms with Crippen LogP contribution >= 0.6 is 11.6 Å². The molecule has 2 aromatic heterocycles. The predicted octanol–water partition coefficient (Wildman–Crippen LogP) is 18.3. The van der Waals surface area contributed by atoms with Crippen molar-refractivity contribution in [2.75, 3.05) is 78.7 Å². The molecular formula is C115H146ClFN10O14. The van der Waals surface area contributed by atoms with Crippen molar-refractivity contribution in [1.29, 1.82) is 0 Å². The Bertz CT molecular complexity index is 6340. The number of nitrogens with zero attached hydrogens (tertiary/aromatic N) is 8.